The molecule has 1 aliphatic carbocycles. The van der Waals surface area contributed by atoms with E-state index in [0.29, 0.717) is 0 Å². The van der Waals surface area contributed by atoms with E-state index in [9.17, 15) is 0 Å². The second kappa shape index (κ2) is 12.9. The Bertz CT molecular complexity index is 819. The van der Waals surface area contributed by atoms with E-state index in [1.807, 2.05) is 32.6 Å². The van der Waals surface area contributed by atoms with Gasteiger partial charge in [0.15, 0.2) is 0 Å². The van der Waals surface area contributed by atoms with Gasteiger partial charge < -0.3 is 9.21 Å². The lowest BCUT2D eigenvalue weighted by atomic mass is 9.99. The third-order valence-electron chi connectivity index (χ3n) is 5.42. The fourth-order valence-electron chi connectivity index (χ4n) is 3.55. The van der Waals surface area contributed by atoms with Gasteiger partial charge in [-0.1, -0.05) is 66.2 Å². The third-order valence-corrected chi connectivity index (χ3v) is 6.35. The summed E-state index contributed by atoms with van der Waals surface area (Å²) in [6.07, 6.45) is 14.6. The number of aromatic nitrogens is 1. The van der Waals surface area contributed by atoms with E-state index in [0.717, 1.165) is 27.9 Å². The molecular weight excluding hydrogens is 412 g/mol. The molecule has 1 aliphatic rings. The van der Waals surface area contributed by atoms with Crippen LogP contribution in [0, 0.1) is 11.3 Å². The molecule has 1 aromatic carbocycles. The quantitative estimate of drug-likeness (QED) is 0.260. The Labute approximate surface area is 200 Å². The van der Waals surface area contributed by atoms with Crippen molar-refractivity contribution in [2.75, 3.05) is 30.3 Å². The van der Waals surface area contributed by atoms with Gasteiger partial charge >= 0.3 is 0 Å². The number of hydrogen-bond acceptors (Lipinski definition) is 5. The third kappa shape index (κ3) is 9.64. The highest BCUT2D eigenvalue weighted by Gasteiger charge is 2.11. The average molecular weight is 455 g/mol. The van der Waals surface area contributed by atoms with Gasteiger partial charge in [0.05, 0.1) is 11.4 Å². The van der Waals surface area contributed by atoms with Crippen LogP contribution >= 0.6 is 11.9 Å². The largest absolute Gasteiger partial charge is 0.376 e. The summed E-state index contributed by atoms with van der Waals surface area (Å²) in [6.45, 7) is 8.84. The van der Waals surface area contributed by atoms with Gasteiger partial charge in [0, 0.05) is 50.3 Å². The van der Waals surface area contributed by atoms with Crippen LogP contribution < -0.4 is 9.21 Å². The SMILES string of the molecule is CC1CCCCCC1.CN(C)c1ccc(N(C)Sc2cccnc2)cc1N=CC(C)(C)C. The first-order valence-electron chi connectivity index (χ1n) is 11.8. The fourth-order valence-corrected chi connectivity index (χ4v) is 4.33. The fraction of sp³-hybridized carbons (Fsp3) is 0.556. The molecule has 32 heavy (non-hydrogen) atoms. The number of anilines is 2. The summed E-state index contributed by atoms with van der Waals surface area (Å²) in [5, 5.41) is 0. The Morgan fingerprint density at radius 1 is 1.03 bits per heavy atom. The average Bonchev–Trinajstić information content (AvgIpc) is 3.00. The van der Waals surface area contributed by atoms with Crippen LogP contribution in [-0.4, -0.2) is 32.3 Å². The van der Waals surface area contributed by atoms with Crippen LogP contribution in [0.3, 0.4) is 0 Å². The molecule has 0 atom stereocenters. The van der Waals surface area contributed by atoms with Crippen molar-refractivity contribution < 1.29 is 0 Å². The molecule has 0 bridgehead atoms. The maximum atomic E-state index is 4.73. The van der Waals surface area contributed by atoms with E-state index in [1.54, 1.807) is 18.1 Å². The lowest BCUT2D eigenvalue weighted by Crippen LogP contribution is -2.11. The monoisotopic (exact) mass is 454 g/mol. The van der Waals surface area contributed by atoms with E-state index in [2.05, 4.69) is 73.2 Å². The summed E-state index contributed by atoms with van der Waals surface area (Å²) >= 11 is 1.65. The Balaban J connectivity index is 0.000000380. The van der Waals surface area contributed by atoms with Crippen LogP contribution in [0.5, 0.6) is 0 Å². The molecule has 176 valence electrons. The number of rotatable bonds is 5. The van der Waals surface area contributed by atoms with Gasteiger partial charge in [0.25, 0.3) is 0 Å². The van der Waals surface area contributed by atoms with Crippen LogP contribution in [0.15, 0.2) is 52.6 Å². The predicted octanol–water partition coefficient (Wildman–Crippen LogP) is 8.02. The molecule has 0 radical (unpaired) electrons. The maximum absolute atomic E-state index is 4.73. The molecular formula is C27H42N4S. The van der Waals surface area contributed by atoms with Gasteiger partial charge in [0.1, 0.15) is 0 Å². The van der Waals surface area contributed by atoms with Crippen molar-refractivity contribution in [3.63, 3.8) is 0 Å². The molecule has 0 N–H and O–H groups in total. The molecule has 0 saturated heterocycles. The number of hydrogen-bond donors (Lipinski definition) is 0. The second-order valence-electron chi connectivity index (χ2n) is 10.1. The number of benzene rings is 1. The normalized spacial score (nSPS) is 15.1. The Kier molecular flexibility index (Phi) is 10.6. The molecule has 0 spiro atoms. The lowest BCUT2D eigenvalue weighted by molar-refractivity contribution is 0.505. The Morgan fingerprint density at radius 2 is 1.72 bits per heavy atom. The minimum Gasteiger partial charge on any atom is -0.376 e. The Morgan fingerprint density at radius 3 is 2.28 bits per heavy atom. The minimum atomic E-state index is 0.0515. The van der Waals surface area contributed by atoms with Crippen molar-refractivity contribution in [2.45, 2.75) is 71.1 Å². The van der Waals surface area contributed by atoms with Crippen LogP contribution in [0.1, 0.15) is 66.2 Å². The van der Waals surface area contributed by atoms with E-state index in [4.69, 9.17) is 4.99 Å². The first-order valence-corrected chi connectivity index (χ1v) is 12.6. The summed E-state index contributed by atoms with van der Waals surface area (Å²) in [6, 6.07) is 10.4. The molecule has 3 rings (SSSR count). The first kappa shape index (κ1) is 26.2. The van der Waals surface area contributed by atoms with Gasteiger partial charge in [-0.25, -0.2) is 0 Å². The summed E-state index contributed by atoms with van der Waals surface area (Å²) in [7, 11) is 6.14. The standard InChI is InChI=1S/C19H26N4S.C8H16/c1-19(2,3)14-21-17-12-15(9-10-18(17)22(4)5)23(6)24-16-8-7-11-20-13-16;1-8-6-4-2-3-5-7-8/h7-14H,1-6H3;8H,2-7H2,1H3. The highest BCUT2D eigenvalue weighted by Crippen LogP contribution is 2.35. The molecule has 2 aromatic rings. The van der Waals surface area contributed by atoms with Crippen molar-refractivity contribution >= 4 is 35.2 Å². The zero-order valence-corrected chi connectivity index (χ0v) is 22.0. The molecule has 0 aliphatic heterocycles. The molecule has 5 heteroatoms. The first-order chi connectivity index (χ1) is 15.2. The zero-order chi connectivity index (χ0) is 23.6. The molecule has 0 unspecified atom stereocenters. The maximum Gasteiger partial charge on any atom is 0.0880 e. The topological polar surface area (TPSA) is 31.7 Å². The van der Waals surface area contributed by atoms with Crippen LogP contribution in [0.4, 0.5) is 17.1 Å². The van der Waals surface area contributed by atoms with Gasteiger partial charge in [-0.15, -0.1) is 0 Å². The summed E-state index contributed by atoms with van der Waals surface area (Å²) in [5.74, 6) is 1.03. The van der Waals surface area contributed by atoms with Crippen molar-refractivity contribution in [1.29, 1.82) is 0 Å². The molecule has 1 fully saturated rings. The predicted molar refractivity (Wildman–Crippen MR) is 144 cm³/mol. The highest BCUT2D eigenvalue weighted by molar-refractivity contribution is 8.00. The lowest BCUT2D eigenvalue weighted by Gasteiger charge is -2.21. The van der Waals surface area contributed by atoms with Crippen LogP contribution in [0.2, 0.25) is 0 Å². The summed E-state index contributed by atoms with van der Waals surface area (Å²) in [5.41, 5.74) is 3.25. The smallest absolute Gasteiger partial charge is 0.0880 e. The second-order valence-corrected chi connectivity index (χ2v) is 11.3. The van der Waals surface area contributed by atoms with E-state index in [1.165, 1.54) is 38.5 Å². The van der Waals surface area contributed by atoms with E-state index >= 15 is 0 Å². The van der Waals surface area contributed by atoms with Gasteiger partial charge in [0.2, 0.25) is 0 Å². The van der Waals surface area contributed by atoms with Crippen LogP contribution in [-0.2, 0) is 0 Å². The zero-order valence-electron chi connectivity index (χ0n) is 21.1. The molecule has 0 amide bonds. The molecule has 1 saturated carbocycles. The van der Waals surface area contributed by atoms with Crippen molar-refractivity contribution in [1.82, 2.24) is 4.98 Å². The summed E-state index contributed by atoms with van der Waals surface area (Å²) < 4.78 is 2.13. The summed E-state index contributed by atoms with van der Waals surface area (Å²) in [4.78, 5) is 12.1. The minimum absolute atomic E-state index is 0.0515. The molecule has 4 nitrogen and oxygen atoms in total. The van der Waals surface area contributed by atoms with E-state index < -0.39 is 0 Å². The number of aliphatic imine (C=N–C) groups is 1. The van der Waals surface area contributed by atoms with Gasteiger partial charge in [-0.05, 0) is 53.6 Å². The van der Waals surface area contributed by atoms with Gasteiger partial charge in [-0.3, -0.25) is 9.98 Å². The van der Waals surface area contributed by atoms with E-state index in [-0.39, 0.29) is 5.41 Å². The van der Waals surface area contributed by atoms with Crippen LogP contribution in [0.25, 0.3) is 0 Å². The Hall–Kier alpha value is -2.01. The molecule has 1 heterocycles. The van der Waals surface area contributed by atoms with Crippen molar-refractivity contribution in [3.8, 4) is 0 Å². The number of pyridine rings is 1. The van der Waals surface area contributed by atoms with Gasteiger partial charge in [-0.2, -0.15) is 0 Å². The molecule has 1 aromatic heterocycles. The highest BCUT2D eigenvalue weighted by atomic mass is 32.2. The number of nitrogens with zero attached hydrogens (tertiary/aromatic N) is 4. The van der Waals surface area contributed by atoms with Crippen molar-refractivity contribution in [2.24, 2.45) is 16.3 Å². The van der Waals surface area contributed by atoms with Crippen molar-refractivity contribution in [3.05, 3.63) is 42.7 Å².